The van der Waals surface area contributed by atoms with Crippen LogP contribution in [-0.2, 0) is 11.2 Å². The van der Waals surface area contributed by atoms with E-state index in [2.05, 4.69) is 34.3 Å². The van der Waals surface area contributed by atoms with Crippen LogP contribution in [0.25, 0.3) is 11.1 Å². The molecule has 7 nitrogen and oxygen atoms in total. The minimum absolute atomic E-state index is 0.0987. The average molecular weight is 382 g/mol. The number of amides is 1. The van der Waals surface area contributed by atoms with Gasteiger partial charge >= 0.3 is 6.09 Å². The maximum Gasteiger partial charge on any atom is 0.414 e. The van der Waals surface area contributed by atoms with Crippen molar-refractivity contribution in [2.24, 2.45) is 0 Å². The molecule has 7 heteroatoms. The Labute approximate surface area is 164 Å². The Morgan fingerprint density at radius 1 is 1.25 bits per heavy atom. The van der Waals surface area contributed by atoms with Crippen molar-refractivity contribution in [3.63, 3.8) is 0 Å². The van der Waals surface area contributed by atoms with Crippen molar-refractivity contribution in [3.05, 3.63) is 30.1 Å². The molecule has 1 saturated carbocycles. The Hall–Kier alpha value is -2.54. The van der Waals surface area contributed by atoms with E-state index in [0.717, 1.165) is 54.1 Å². The highest BCUT2D eigenvalue weighted by Crippen LogP contribution is 2.44. The van der Waals surface area contributed by atoms with Crippen LogP contribution in [0.1, 0.15) is 37.8 Å². The summed E-state index contributed by atoms with van der Waals surface area (Å²) in [6.07, 6.45) is 8.05. The number of benzene rings is 1. The molecule has 1 aliphatic carbocycles. The molecular formula is C21H26N4O3. The summed E-state index contributed by atoms with van der Waals surface area (Å²) in [5, 5.41) is 7.82. The third-order valence-corrected chi connectivity index (χ3v) is 5.98. The fourth-order valence-corrected chi connectivity index (χ4v) is 4.07. The highest BCUT2D eigenvalue weighted by molar-refractivity contribution is 5.92. The number of carbonyl (C=O) groups is 1. The van der Waals surface area contributed by atoms with Gasteiger partial charge in [0.15, 0.2) is 0 Å². The molecule has 148 valence electrons. The van der Waals surface area contributed by atoms with E-state index >= 15 is 0 Å². The van der Waals surface area contributed by atoms with E-state index in [0.29, 0.717) is 6.04 Å². The number of rotatable bonds is 4. The number of methoxy groups -OCH3 is 1. The molecule has 5 rings (SSSR count). The molecule has 3 heterocycles. The first-order valence-electron chi connectivity index (χ1n) is 10.1. The summed E-state index contributed by atoms with van der Waals surface area (Å²) in [6, 6.07) is 4.73. The second-order valence-electron chi connectivity index (χ2n) is 8.01. The van der Waals surface area contributed by atoms with Crippen molar-refractivity contribution >= 4 is 11.8 Å². The molecule has 2 fully saturated rings. The van der Waals surface area contributed by atoms with Crippen molar-refractivity contribution in [1.29, 1.82) is 0 Å². The van der Waals surface area contributed by atoms with E-state index < -0.39 is 0 Å². The number of anilines is 1. The summed E-state index contributed by atoms with van der Waals surface area (Å²) in [4.78, 5) is 14.2. The summed E-state index contributed by atoms with van der Waals surface area (Å²) in [7, 11) is 1.43. The molecule has 0 bridgehead atoms. The van der Waals surface area contributed by atoms with Crippen molar-refractivity contribution in [2.75, 3.05) is 25.1 Å². The van der Waals surface area contributed by atoms with Gasteiger partial charge in [-0.3, -0.25) is 9.58 Å². The van der Waals surface area contributed by atoms with Gasteiger partial charge in [-0.2, -0.15) is 5.10 Å². The second-order valence-corrected chi connectivity index (χ2v) is 8.01. The zero-order valence-corrected chi connectivity index (χ0v) is 16.4. The Balaban J connectivity index is 1.59. The third kappa shape index (κ3) is 2.94. The fraction of sp³-hybridized carbons (Fsp3) is 0.524. The molecule has 3 aliphatic rings. The van der Waals surface area contributed by atoms with E-state index in [4.69, 9.17) is 9.47 Å². The molecular weight excluding hydrogens is 356 g/mol. The largest absolute Gasteiger partial charge is 0.487 e. The number of hydrogen-bond acceptors (Lipinski definition) is 5. The highest BCUT2D eigenvalue weighted by atomic mass is 16.5. The van der Waals surface area contributed by atoms with Gasteiger partial charge in [-0.1, -0.05) is 0 Å². The van der Waals surface area contributed by atoms with Gasteiger partial charge in [-0.15, -0.1) is 0 Å². The number of hydrogen-bond donors (Lipinski definition) is 1. The first-order chi connectivity index (χ1) is 13.7. The predicted octanol–water partition coefficient (Wildman–Crippen LogP) is 3.14. The number of ether oxygens (including phenoxy) is 2. The van der Waals surface area contributed by atoms with Crippen LogP contribution < -0.4 is 15.0 Å². The van der Waals surface area contributed by atoms with Crippen LogP contribution in [0.5, 0.6) is 5.75 Å². The van der Waals surface area contributed by atoms with Gasteiger partial charge in [0.2, 0.25) is 0 Å². The SMILES string of the molecule is COC(=O)N1c2ccc(-c3cnn(C4CC4)c3)c(OC3CNC3)c2CC[C@@H]1C. The van der Waals surface area contributed by atoms with E-state index in [1.807, 2.05) is 12.3 Å². The minimum atomic E-state index is -0.320. The number of aromatic nitrogens is 2. The molecule has 2 aliphatic heterocycles. The molecule has 1 aromatic heterocycles. The zero-order valence-electron chi connectivity index (χ0n) is 16.4. The highest BCUT2D eigenvalue weighted by Gasteiger charge is 2.33. The summed E-state index contributed by atoms with van der Waals surface area (Å²) >= 11 is 0. The molecule has 0 radical (unpaired) electrons. The number of nitrogens with zero attached hydrogens (tertiary/aromatic N) is 3. The van der Waals surface area contributed by atoms with Crippen LogP contribution in [-0.4, -0.2) is 48.2 Å². The molecule has 0 spiro atoms. The lowest BCUT2D eigenvalue weighted by Gasteiger charge is -2.37. The zero-order chi connectivity index (χ0) is 19.3. The van der Waals surface area contributed by atoms with Gasteiger partial charge in [-0.25, -0.2) is 4.79 Å². The van der Waals surface area contributed by atoms with Crippen LogP contribution >= 0.6 is 0 Å². The van der Waals surface area contributed by atoms with Crippen molar-refractivity contribution in [1.82, 2.24) is 15.1 Å². The Morgan fingerprint density at radius 3 is 2.75 bits per heavy atom. The molecule has 1 aromatic carbocycles. The standard InChI is InChI=1S/C21H26N4O3/c1-13-3-6-18-19(25(13)21(26)27-2)8-7-17(20(18)28-16-10-22-11-16)14-9-23-24(12-14)15-4-5-15/h7-9,12-13,15-16,22H,3-6,10-11H2,1-2H3/t13-/m0/s1. The van der Waals surface area contributed by atoms with Crippen molar-refractivity contribution in [3.8, 4) is 16.9 Å². The fourth-order valence-electron chi connectivity index (χ4n) is 4.07. The number of carbonyl (C=O) groups excluding carboxylic acids is 1. The minimum Gasteiger partial charge on any atom is -0.487 e. The number of nitrogens with one attached hydrogen (secondary N) is 1. The first-order valence-corrected chi connectivity index (χ1v) is 10.1. The smallest absolute Gasteiger partial charge is 0.414 e. The molecule has 0 unspecified atom stereocenters. The lowest BCUT2D eigenvalue weighted by atomic mass is 9.92. The van der Waals surface area contributed by atoms with Gasteiger partial charge in [0.25, 0.3) is 0 Å². The lowest BCUT2D eigenvalue weighted by Crippen LogP contribution is -2.50. The molecule has 1 atom stereocenters. The maximum absolute atomic E-state index is 12.4. The average Bonchev–Trinajstić information content (AvgIpc) is 3.41. The predicted molar refractivity (Wildman–Crippen MR) is 106 cm³/mol. The van der Waals surface area contributed by atoms with Crippen LogP contribution in [0.4, 0.5) is 10.5 Å². The van der Waals surface area contributed by atoms with Crippen LogP contribution in [0.2, 0.25) is 0 Å². The topological polar surface area (TPSA) is 68.6 Å². The van der Waals surface area contributed by atoms with Gasteiger partial charge in [-0.05, 0) is 44.7 Å². The van der Waals surface area contributed by atoms with Crippen molar-refractivity contribution < 1.29 is 14.3 Å². The Bertz CT molecular complexity index is 901. The van der Waals surface area contributed by atoms with Gasteiger partial charge in [0.05, 0.1) is 25.0 Å². The van der Waals surface area contributed by atoms with E-state index in [1.165, 1.54) is 20.0 Å². The van der Waals surface area contributed by atoms with Crippen molar-refractivity contribution in [2.45, 2.75) is 50.8 Å². The third-order valence-electron chi connectivity index (χ3n) is 5.98. The van der Waals surface area contributed by atoms with Crippen LogP contribution in [0.3, 0.4) is 0 Å². The molecule has 1 saturated heterocycles. The molecule has 28 heavy (non-hydrogen) atoms. The number of fused-ring (bicyclic) bond motifs is 1. The quantitative estimate of drug-likeness (QED) is 0.880. The van der Waals surface area contributed by atoms with E-state index in [9.17, 15) is 4.79 Å². The molecule has 1 amide bonds. The molecule has 1 N–H and O–H groups in total. The van der Waals surface area contributed by atoms with Crippen LogP contribution in [0, 0.1) is 0 Å². The summed E-state index contributed by atoms with van der Waals surface area (Å²) < 4.78 is 13.5. The molecule has 2 aromatic rings. The summed E-state index contributed by atoms with van der Waals surface area (Å²) in [6.45, 7) is 3.76. The second kappa shape index (κ2) is 6.81. The first kappa shape index (κ1) is 17.6. The van der Waals surface area contributed by atoms with E-state index in [1.54, 1.807) is 4.90 Å². The van der Waals surface area contributed by atoms with Gasteiger partial charge in [0, 0.05) is 42.0 Å². The summed E-state index contributed by atoms with van der Waals surface area (Å²) in [5.41, 5.74) is 4.11. The normalized spacial score (nSPS) is 21.8. The monoisotopic (exact) mass is 382 g/mol. The Morgan fingerprint density at radius 2 is 2.07 bits per heavy atom. The summed E-state index contributed by atoms with van der Waals surface area (Å²) in [5.74, 6) is 0.889. The Kier molecular flexibility index (Phi) is 4.27. The van der Waals surface area contributed by atoms with Crippen LogP contribution in [0.15, 0.2) is 24.5 Å². The van der Waals surface area contributed by atoms with Gasteiger partial charge < -0.3 is 14.8 Å². The van der Waals surface area contributed by atoms with E-state index in [-0.39, 0.29) is 18.2 Å². The lowest BCUT2D eigenvalue weighted by molar-refractivity contribution is 0.141. The maximum atomic E-state index is 12.4. The van der Waals surface area contributed by atoms with Gasteiger partial charge in [0.1, 0.15) is 11.9 Å².